The van der Waals surface area contributed by atoms with Gasteiger partial charge in [-0.3, -0.25) is 4.79 Å². The molecule has 1 heterocycles. The van der Waals surface area contributed by atoms with E-state index < -0.39 is 12.1 Å². The number of rotatable bonds is 2. The van der Waals surface area contributed by atoms with Crippen LogP contribution in [0.1, 0.15) is 12.5 Å². The number of carbonyl (C=O) groups is 2. The Morgan fingerprint density at radius 2 is 1.94 bits per heavy atom. The summed E-state index contributed by atoms with van der Waals surface area (Å²) in [4.78, 5) is 23.0. The van der Waals surface area contributed by atoms with Gasteiger partial charge in [0.15, 0.2) is 6.10 Å². The van der Waals surface area contributed by atoms with E-state index in [-0.39, 0.29) is 11.9 Å². The van der Waals surface area contributed by atoms with Gasteiger partial charge in [0.05, 0.1) is 0 Å². The predicted octanol–water partition coefficient (Wildman–Crippen LogP) is 1.26. The standard InChI is InChI=1S/C12H12INO3/c1-7-11(15)14-10(12(16)17-7)6-8-2-4-9(13)5-3-8/h2-5,7,10H,6H2,1H3,(H,14,15)/t7-,10-/m0/s1. The van der Waals surface area contributed by atoms with E-state index in [1.165, 1.54) is 0 Å². The first kappa shape index (κ1) is 12.3. The van der Waals surface area contributed by atoms with E-state index in [0.717, 1.165) is 9.13 Å². The highest BCUT2D eigenvalue weighted by Gasteiger charge is 2.32. The van der Waals surface area contributed by atoms with Crippen molar-refractivity contribution in [3.8, 4) is 0 Å². The molecule has 1 amide bonds. The number of morpholine rings is 1. The van der Waals surface area contributed by atoms with Crippen molar-refractivity contribution in [3.63, 3.8) is 0 Å². The summed E-state index contributed by atoms with van der Waals surface area (Å²) >= 11 is 2.22. The second kappa shape index (κ2) is 5.03. The van der Waals surface area contributed by atoms with Crippen molar-refractivity contribution in [3.05, 3.63) is 33.4 Å². The molecule has 1 aliphatic heterocycles. The molecule has 1 saturated heterocycles. The number of hydrogen-bond donors (Lipinski definition) is 1. The lowest BCUT2D eigenvalue weighted by Gasteiger charge is -2.26. The lowest BCUT2D eigenvalue weighted by molar-refractivity contribution is -0.164. The van der Waals surface area contributed by atoms with E-state index in [1.807, 2.05) is 24.3 Å². The molecule has 0 aromatic heterocycles. The van der Waals surface area contributed by atoms with Crippen LogP contribution in [0.3, 0.4) is 0 Å². The van der Waals surface area contributed by atoms with Crippen LogP contribution in [0, 0.1) is 3.57 Å². The maximum Gasteiger partial charge on any atom is 0.329 e. The van der Waals surface area contributed by atoms with E-state index in [4.69, 9.17) is 4.74 Å². The molecule has 5 heteroatoms. The first-order valence-electron chi connectivity index (χ1n) is 5.31. The van der Waals surface area contributed by atoms with Crippen molar-refractivity contribution in [1.29, 1.82) is 0 Å². The van der Waals surface area contributed by atoms with E-state index in [9.17, 15) is 9.59 Å². The van der Waals surface area contributed by atoms with Gasteiger partial charge in [-0.15, -0.1) is 0 Å². The fourth-order valence-electron chi connectivity index (χ4n) is 1.65. The van der Waals surface area contributed by atoms with E-state index in [1.54, 1.807) is 6.92 Å². The van der Waals surface area contributed by atoms with Gasteiger partial charge in [-0.2, -0.15) is 0 Å². The molecule has 1 aromatic carbocycles. The Kier molecular flexibility index (Phi) is 3.66. The number of ether oxygens (including phenoxy) is 1. The summed E-state index contributed by atoms with van der Waals surface area (Å²) in [6.45, 7) is 1.56. The average Bonchev–Trinajstić information content (AvgIpc) is 2.29. The summed E-state index contributed by atoms with van der Waals surface area (Å²) in [5.74, 6) is -0.601. The van der Waals surface area contributed by atoms with Crippen molar-refractivity contribution < 1.29 is 14.3 Å². The monoisotopic (exact) mass is 345 g/mol. The van der Waals surface area contributed by atoms with Gasteiger partial charge in [0.2, 0.25) is 0 Å². The van der Waals surface area contributed by atoms with Crippen molar-refractivity contribution in [2.24, 2.45) is 0 Å². The topological polar surface area (TPSA) is 55.4 Å². The molecule has 0 radical (unpaired) electrons. The zero-order valence-electron chi connectivity index (χ0n) is 9.27. The molecule has 1 aliphatic rings. The molecular formula is C12H12INO3. The van der Waals surface area contributed by atoms with Crippen molar-refractivity contribution in [1.82, 2.24) is 5.32 Å². The second-order valence-corrected chi connectivity index (χ2v) is 5.22. The molecule has 0 bridgehead atoms. The molecule has 2 atom stereocenters. The number of cyclic esters (lactones) is 1. The predicted molar refractivity (Wildman–Crippen MR) is 70.3 cm³/mol. The number of carbonyl (C=O) groups excluding carboxylic acids is 2. The summed E-state index contributed by atoms with van der Waals surface area (Å²) in [6.07, 6.45) is -0.218. The minimum atomic E-state index is -0.685. The van der Waals surface area contributed by atoms with E-state index >= 15 is 0 Å². The van der Waals surface area contributed by atoms with Gasteiger partial charge in [-0.25, -0.2) is 4.79 Å². The van der Waals surface area contributed by atoms with Gasteiger partial charge >= 0.3 is 5.97 Å². The Balaban J connectivity index is 2.06. The normalized spacial score (nSPS) is 24.1. The van der Waals surface area contributed by atoms with Gasteiger partial charge < -0.3 is 10.1 Å². The zero-order valence-corrected chi connectivity index (χ0v) is 11.4. The third-order valence-electron chi connectivity index (χ3n) is 2.62. The molecule has 0 unspecified atom stereocenters. The zero-order chi connectivity index (χ0) is 12.4. The van der Waals surface area contributed by atoms with Gasteiger partial charge in [0.25, 0.3) is 5.91 Å². The van der Waals surface area contributed by atoms with Crippen LogP contribution in [-0.4, -0.2) is 24.0 Å². The smallest absolute Gasteiger partial charge is 0.329 e. The first-order chi connectivity index (χ1) is 8.06. The Bertz CT molecular complexity index is 444. The lowest BCUT2D eigenvalue weighted by Crippen LogP contribution is -2.53. The molecule has 1 fully saturated rings. The molecule has 17 heavy (non-hydrogen) atoms. The number of amides is 1. The van der Waals surface area contributed by atoms with Crippen LogP contribution in [0.25, 0.3) is 0 Å². The Morgan fingerprint density at radius 3 is 2.59 bits per heavy atom. The summed E-state index contributed by atoms with van der Waals surface area (Å²) in [6, 6.07) is 7.25. The maximum absolute atomic E-state index is 11.6. The van der Waals surface area contributed by atoms with Crippen molar-refractivity contribution >= 4 is 34.5 Å². The van der Waals surface area contributed by atoms with Gasteiger partial charge in [0, 0.05) is 9.99 Å². The minimum absolute atomic E-state index is 0.236. The molecule has 0 spiro atoms. The van der Waals surface area contributed by atoms with Crippen molar-refractivity contribution in [2.45, 2.75) is 25.5 Å². The van der Waals surface area contributed by atoms with E-state index in [2.05, 4.69) is 27.9 Å². The Labute approximate surface area is 113 Å². The third-order valence-corrected chi connectivity index (χ3v) is 3.34. The van der Waals surface area contributed by atoms with Crippen LogP contribution in [0.5, 0.6) is 0 Å². The van der Waals surface area contributed by atoms with Crippen LogP contribution in [0.4, 0.5) is 0 Å². The molecule has 4 nitrogen and oxygen atoms in total. The minimum Gasteiger partial charge on any atom is -0.451 e. The van der Waals surface area contributed by atoms with Crippen molar-refractivity contribution in [2.75, 3.05) is 0 Å². The largest absolute Gasteiger partial charge is 0.451 e. The van der Waals surface area contributed by atoms with Crippen LogP contribution >= 0.6 is 22.6 Å². The van der Waals surface area contributed by atoms with Gasteiger partial charge in [-0.05, 0) is 47.2 Å². The molecule has 90 valence electrons. The SMILES string of the molecule is C[C@@H]1OC(=O)[C@H](Cc2ccc(I)cc2)NC1=O. The van der Waals surface area contributed by atoms with Gasteiger partial charge in [0.1, 0.15) is 6.04 Å². The van der Waals surface area contributed by atoms with Crippen LogP contribution < -0.4 is 5.32 Å². The van der Waals surface area contributed by atoms with Gasteiger partial charge in [-0.1, -0.05) is 12.1 Å². The van der Waals surface area contributed by atoms with Crippen LogP contribution in [0.15, 0.2) is 24.3 Å². The quantitative estimate of drug-likeness (QED) is 0.649. The maximum atomic E-state index is 11.6. The highest BCUT2D eigenvalue weighted by atomic mass is 127. The van der Waals surface area contributed by atoms with E-state index in [0.29, 0.717) is 6.42 Å². The fourth-order valence-corrected chi connectivity index (χ4v) is 2.01. The molecule has 0 saturated carbocycles. The highest BCUT2D eigenvalue weighted by Crippen LogP contribution is 2.12. The molecule has 0 aliphatic carbocycles. The average molecular weight is 345 g/mol. The summed E-state index contributed by atoms with van der Waals surface area (Å²) in [5, 5.41) is 2.66. The molecule has 1 N–H and O–H groups in total. The number of halogens is 1. The fraction of sp³-hybridized carbons (Fsp3) is 0.333. The summed E-state index contributed by atoms with van der Waals surface area (Å²) in [5.41, 5.74) is 1.00. The highest BCUT2D eigenvalue weighted by molar-refractivity contribution is 14.1. The summed E-state index contributed by atoms with van der Waals surface area (Å²) in [7, 11) is 0. The third kappa shape index (κ3) is 2.96. The Morgan fingerprint density at radius 1 is 1.29 bits per heavy atom. The lowest BCUT2D eigenvalue weighted by atomic mass is 10.0. The second-order valence-electron chi connectivity index (χ2n) is 3.97. The van der Waals surface area contributed by atoms with Crippen LogP contribution in [0.2, 0.25) is 0 Å². The molecule has 2 rings (SSSR count). The molecular weight excluding hydrogens is 333 g/mol. The number of esters is 1. The number of nitrogens with one attached hydrogen (secondary N) is 1. The Hall–Kier alpha value is -1.11. The summed E-state index contributed by atoms with van der Waals surface area (Å²) < 4.78 is 6.09. The molecule has 1 aromatic rings. The first-order valence-corrected chi connectivity index (χ1v) is 6.39. The number of hydrogen-bond acceptors (Lipinski definition) is 3. The van der Waals surface area contributed by atoms with Crippen LogP contribution in [-0.2, 0) is 20.7 Å². The number of benzene rings is 1.